The zero-order valence-electron chi connectivity index (χ0n) is 16.7. The van der Waals surface area contributed by atoms with Crippen LogP contribution in [0.2, 0.25) is 5.02 Å². The third-order valence-electron chi connectivity index (χ3n) is 5.05. The summed E-state index contributed by atoms with van der Waals surface area (Å²) in [4.78, 5) is 20.7. The zero-order valence-corrected chi connectivity index (χ0v) is 18.2. The van der Waals surface area contributed by atoms with E-state index in [4.69, 9.17) is 11.6 Å². The van der Waals surface area contributed by atoms with E-state index in [0.29, 0.717) is 37.6 Å². The van der Waals surface area contributed by atoms with Gasteiger partial charge in [0.2, 0.25) is 15.9 Å². The van der Waals surface area contributed by atoms with Crippen molar-refractivity contribution < 1.29 is 17.6 Å². The van der Waals surface area contributed by atoms with Crippen molar-refractivity contribution in [3.63, 3.8) is 0 Å². The van der Waals surface area contributed by atoms with Crippen LogP contribution in [0.5, 0.6) is 0 Å². The highest BCUT2D eigenvalue weighted by Gasteiger charge is 2.23. The molecule has 0 saturated carbocycles. The minimum atomic E-state index is -3.70. The first kappa shape index (κ1) is 22.5. The Morgan fingerprint density at radius 3 is 2.40 bits per heavy atom. The van der Waals surface area contributed by atoms with Gasteiger partial charge >= 0.3 is 0 Å². The third-order valence-corrected chi connectivity index (χ3v) is 7.15. The van der Waals surface area contributed by atoms with E-state index in [1.54, 1.807) is 17.2 Å². The summed E-state index contributed by atoms with van der Waals surface area (Å²) in [5, 5.41) is 0.582. The molecule has 1 aliphatic heterocycles. The summed E-state index contributed by atoms with van der Waals surface area (Å²) in [6.07, 6.45) is 2.28. The summed E-state index contributed by atoms with van der Waals surface area (Å²) >= 11 is 5.87. The SMILES string of the molecule is CN(CCCC(=O)N1CCN(c2ccc(Cl)cn2)CC1)S(=O)(=O)c1ccc(F)cc1. The van der Waals surface area contributed by atoms with Gasteiger partial charge in [-0.25, -0.2) is 22.1 Å². The molecule has 162 valence electrons. The van der Waals surface area contributed by atoms with Crippen LogP contribution in [0.3, 0.4) is 0 Å². The Morgan fingerprint density at radius 1 is 1.13 bits per heavy atom. The highest BCUT2D eigenvalue weighted by atomic mass is 35.5. The second-order valence-electron chi connectivity index (χ2n) is 7.09. The second-order valence-corrected chi connectivity index (χ2v) is 9.57. The summed E-state index contributed by atoms with van der Waals surface area (Å²) in [5.41, 5.74) is 0. The van der Waals surface area contributed by atoms with Gasteiger partial charge in [0, 0.05) is 52.4 Å². The monoisotopic (exact) mass is 454 g/mol. The summed E-state index contributed by atoms with van der Waals surface area (Å²) in [7, 11) is -2.24. The van der Waals surface area contributed by atoms with Gasteiger partial charge in [-0.05, 0) is 42.8 Å². The smallest absolute Gasteiger partial charge is 0.242 e. The Hall–Kier alpha value is -2.23. The maximum atomic E-state index is 13.0. The summed E-state index contributed by atoms with van der Waals surface area (Å²) < 4.78 is 39.2. The standard InChI is InChI=1S/C20H24ClFN4O3S/c1-24(30(28,29)18-7-5-17(22)6-8-18)10-2-3-20(27)26-13-11-25(12-14-26)19-9-4-16(21)15-23-19/h4-9,15H,2-3,10-14H2,1H3. The number of benzene rings is 1. The lowest BCUT2D eigenvalue weighted by Gasteiger charge is -2.35. The van der Waals surface area contributed by atoms with E-state index in [1.807, 2.05) is 6.07 Å². The maximum Gasteiger partial charge on any atom is 0.242 e. The van der Waals surface area contributed by atoms with Crippen molar-refractivity contribution in [2.45, 2.75) is 17.7 Å². The molecule has 0 N–H and O–H groups in total. The van der Waals surface area contributed by atoms with Gasteiger partial charge in [-0.1, -0.05) is 11.6 Å². The number of piperazine rings is 1. The zero-order chi connectivity index (χ0) is 21.7. The third kappa shape index (κ3) is 5.47. The van der Waals surface area contributed by atoms with E-state index in [0.717, 1.165) is 18.0 Å². The van der Waals surface area contributed by atoms with Crippen molar-refractivity contribution in [2.75, 3.05) is 44.7 Å². The average molecular weight is 455 g/mol. The van der Waals surface area contributed by atoms with E-state index in [1.165, 1.54) is 23.5 Å². The number of sulfonamides is 1. The van der Waals surface area contributed by atoms with Gasteiger partial charge in [-0.2, -0.15) is 0 Å². The average Bonchev–Trinajstić information content (AvgIpc) is 2.74. The molecule has 1 saturated heterocycles. The van der Waals surface area contributed by atoms with Crippen molar-refractivity contribution in [1.29, 1.82) is 0 Å². The summed E-state index contributed by atoms with van der Waals surface area (Å²) in [6.45, 7) is 2.75. The van der Waals surface area contributed by atoms with Gasteiger partial charge in [0.15, 0.2) is 0 Å². The van der Waals surface area contributed by atoms with Crippen LogP contribution in [0, 0.1) is 5.82 Å². The predicted octanol–water partition coefficient (Wildman–Crippen LogP) is 2.62. The van der Waals surface area contributed by atoms with Gasteiger partial charge in [-0.15, -0.1) is 0 Å². The summed E-state index contributed by atoms with van der Waals surface area (Å²) in [5.74, 6) is 0.347. The minimum absolute atomic E-state index is 0.00583. The number of carbonyl (C=O) groups is 1. The molecule has 0 aliphatic carbocycles. The molecule has 0 radical (unpaired) electrons. The molecule has 1 aromatic carbocycles. The minimum Gasteiger partial charge on any atom is -0.353 e. The number of hydrogen-bond donors (Lipinski definition) is 0. The molecule has 0 unspecified atom stereocenters. The first-order chi connectivity index (χ1) is 14.3. The lowest BCUT2D eigenvalue weighted by atomic mass is 10.2. The molecule has 10 heteroatoms. The topological polar surface area (TPSA) is 73.8 Å². The van der Waals surface area contributed by atoms with Crippen molar-refractivity contribution in [2.24, 2.45) is 0 Å². The first-order valence-electron chi connectivity index (χ1n) is 9.63. The molecular weight excluding hydrogens is 431 g/mol. The van der Waals surface area contributed by atoms with Crippen molar-refractivity contribution in [1.82, 2.24) is 14.2 Å². The fourth-order valence-corrected chi connectivity index (χ4v) is 4.58. The lowest BCUT2D eigenvalue weighted by molar-refractivity contribution is -0.131. The molecule has 1 fully saturated rings. The Kier molecular flexibility index (Phi) is 7.27. The normalized spacial score (nSPS) is 14.9. The number of anilines is 1. The predicted molar refractivity (Wildman–Crippen MR) is 113 cm³/mol. The van der Waals surface area contributed by atoms with E-state index < -0.39 is 15.8 Å². The number of rotatable bonds is 7. The molecule has 2 aromatic rings. The fraction of sp³-hybridized carbons (Fsp3) is 0.400. The van der Waals surface area contributed by atoms with Crippen LogP contribution in [0.1, 0.15) is 12.8 Å². The fourth-order valence-electron chi connectivity index (χ4n) is 3.26. The van der Waals surface area contributed by atoms with E-state index in [9.17, 15) is 17.6 Å². The van der Waals surface area contributed by atoms with Crippen molar-refractivity contribution in [3.05, 3.63) is 53.4 Å². The quantitative estimate of drug-likeness (QED) is 0.643. The lowest BCUT2D eigenvalue weighted by Crippen LogP contribution is -2.49. The van der Waals surface area contributed by atoms with Gasteiger partial charge < -0.3 is 9.80 Å². The Balaban J connectivity index is 1.44. The van der Waals surface area contributed by atoms with Gasteiger partial charge in [0.05, 0.1) is 9.92 Å². The molecule has 30 heavy (non-hydrogen) atoms. The first-order valence-corrected chi connectivity index (χ1v) is 11.5. The molecule has 1 aromatic heterocycles. The molecule has 0 bridgehead atoms. The summed E-state index contributed by atoms with van der Waals surface area (Å²) in [6, 6.07) is 8.35. The van der Waals surface area contributed by atoms with Gasteiger partial charge in [0.25, 0.3) is 0 Å². The highest BCUT2D eigenvalue weighted by molar-refractivity contribution is 7.89. The highest BCUT2D eigenvalue weighted by Crippen LogP contribution is 2.18. The number of nitrogens with zero attached hydrogens (tertiary/aromatic N) is 4. The second kappa shape index (κ2) is 9.72. The Morgan fingerprint density at radius 2 is 1.80 bits per heavy atom. The Labute approximate surface area is 181 Å². The van der Waals surface area contributed by atoms with E-state index in [2.05, 4.69) is 9.88 Å². The Bertz CT molecular complexity index is 963. The molecule has 2 heterocycles. The molecule has 3 rings (SSSR count). The number of amides is 1. The van der Waals surface area contributed by atoms with Crippen LogP contribution in [0.15, 0.2) is 47.5 Å². The molecule has 7 nitrogen and oxygen atoms in total. The number of aromatic nitrogens is 1. The van der Waals surface area contributed by atoms with Crippen LogP contribution < -0.4 is 4.90 Å². The van der Waals surface area contributed by atoms with Crippen LogP contribution in [-0.4, -0.2) is 68.3 Å². The number of halogens is 2. The molecule has 1 aliphatic rings. The van der Waals surface area contributed by atoms with Crippen molar-refractivity contribution >= 4 is 33.3 Å². The molecule has 1 amide bonds. The maximum absolute atomic E-state index is 13.0. The van der Waals surface area contributed by atoms with Crippen LogP contribution in [0.4, 0.5) is 10.2 Å². The molecular formula is C20H24ClFN4O3S. The number of hydrogen-bond acceptors (Lipinski definition) is 5. The largest absolute Gasteiger partial charge is 0.353 e. The van der Waals surface area contributed by atoms with E-state index >= 15 is 0 Å². The van der Waals surface area contributed by atoms with Gasteiger partial charge in [0.1, 0.15) is 11.6 Å². The van der Waals surface area contributed by atoms with Crippen LogP contribution >= 0.6 is 11.6 Å². The van der Waals surface area contributed by atoms with Crippen molar-refractivity contribution in [3.8, 4) is 0 Å². The molecule has 0 atom stereocenters. The number of carbonyl (C=O) groups excluding carboxylic acids is 1. The van der Waals surface area contributed by atoms with Gasteiger partial charge in [-0.3, -0.25) is 4.79 Å². The molecule has 0 spiro atoms. The van der Waals surface area contributed by atoms with Crippen LogP contribution in [-0.2, 0) is 14.8 Å². The number of pyridine rings is 1. The van der Waals surface area contributed by atoms with Crippen LogP contribution in [0.25, 0.3) is 0 Å². The van der Waals surface area contributed by atoms with E-state index in [-0.39, 0.29) is 23.8 Å².